The van der Waals surface area contributed by atoms with Crippen LogP contribution in [0.5, 0.6) is 0 Å². The van der Waals surface area contributed by atoms with E-state index in [0.717, 1.165) is 41.9 Å². The van der Waals surface area contributed by atoms with E-state index in [1.54, 1.807) is 0 Å². The lowest BCUT2D eigenvalue weighted by molar-refractivity contribution is -0.130. The molecular formula is C22H38N4O. The van der Waals surface area contributed by atoms with Crippen molar-refractivity contribution in [3.8, 4) is 0 Å². The number of carbonyl (C=O) groups excluding carboxylic acids is 1. The molecule has 0 amide bonds. The van der Waals surface area contributed by atoms with Crippen LogP contribution in [0, 0.1) is 46.8 Å². The van der Waals surface area contributed by atoms with Crippen LogP contribution in [0.15, 0.2) is 5.10 Å². The number of carbonyl (C=O) groups is 1. The fraction of sp³-hybridized carbons (Fsp3) is 0.909. The standard InChI is InChI=1S/C22H38N4O/c1-14-3-5-16-15(11-14)4-6-18-17(16)9-10-22(2)19(18)7-8-20(22)21(27)12-26(24)13-25-23/h13-20H,3-12,23-24H2,1-2H3/b25-13-. The number of rotatable bonds is 4. The van der Waals surface area contributed by atoms with Gasteiger partial charge in [0.15, 0.2) is 5.78 Å². The van der Waals surface area contributed by atoms with Gasteiger partial charge in [0.1, 0.15) is 6.34 Å². The summed E-state index contributed by atoms with van der Waals surface area (Å²) in [6.07, 6.45) is 13.4. The smallest absolute Gasteiger partial charge is 0.157 e. The highest BCUT2D eigenvalue weighted by atomic mass is 16.1. The Kier molecular flexibility index (Phi) is 5.26. The van der Waals surface area contributed by atoms with Crippen molar-refractivity contribution in [2.45, 2.75) is 71.6 Å². The topological polar surface area (TPSA) is 84.7 Å². The van der Waals surface area contributed by atoms with E-state index in [4.69, 9.17) is 11.7 Å². The van der Waals surface area contributed by atoms with E-state index in [2.05, 4.69) is 18.9 Å². The van der Waals surface area contributed by atoms with Gasteiger partial charge in [0.2, 0.25) is 0 Å². The molecule has 5 heteroatoms. The Hall–Kier alpha value is -1.10. The van der Waals surface area contributed by atoms with Crippen LogP contribution in [0.4, 0.5) is 0 Å². The lowest BCUT2D eigenvalue weighted by Gasteiger charge is -2.56. The van der Waals surface area contributed by atoms with E-state index in [-0.39, 0.29) is 23.7 Å². The van der Waals surface area contributed by atoms with Crippen molar-refractivity contribution < 1.29 is 4.79 Å². The number of Topliss-reactive ketones (excluding diaryl/α,β-unsaturated/α-hetero) is 1. The summed E-state index contributed by atoms with van der Waals surface area (Å²) in [5, 5.41) is 4.77. The van der Waals surface area contributed by atoms with Crippen LogP contribution in [0.2, 0.25) is 0 Å². The molecule has 8 atom stereocenters. The number of hydrazone groups is 1. The molecule has 4 aliphatic carbocycles. The Morgan fingerprint density at radius 1 is 1.11 bits per heavy atom. The van der Waals surface area contributed by atoms with Crippen molar-refractivity contribution in [2.75, 3.05) is 6.54 Å². The first kappa shape index (κ1) is 19.2. The van der Waals surface area contributed by atoms with E-state index in [1.165, 1.54) is 62.7 Å². The number of hydrogen-bond donors (Lipinski definition) is 2. The molecule has 4 saturated carbocycles. The highest BCUT2D eigenvalue weighted by Gasteiger charge is 2.58. The molecule has 4 aliphatic rings. The molecule has 0 heterocycles. The molecule has 4 N–H and O–H groups in total. The number of hydrogen-bond acceptors (Lipinski definition) is 4. The summed E-state index contributed by atoms with van der Waals surface area (Å²) in [5.74, 6) is 16.8. The van der Waals surface area contributed by atoms with Gasteiger partial charge in [0, 0.05) is 5.92 Å². The highest BCUT2D eigenvalue weighted by Crippen LogP contribution is 2.64. The largest absolute Gasteiger partial charge is 0.322 e. The molecule has 4 fully saturated rings. The zero-order valence-corrected chi connectivity index (χ0v) is 17.1. The lowest BCUT2D eigenvalue weighted by Crippen LogP contribution is -2.50. The summed E-state index contributed by atoms with van der Waals surface area (Å²) in [6.45, 7) is 5.09. The van der Waals surface area contributed by atoms with Gasteiger partial charge in [-0.15, -0.1) is 0 Å². The van der Waals surface area contributed by atoms with Crippen LogP contribution in [0.3, 0.4) is 0 Å². The third-order valence-electron chi connectivity index (χ3n) is 9.16. The van der Waals surface area contributed by atoms with Crippen LogP contribution in [0.25, 0.3) is 0 Å². The van der Waals surface area contributed by atoms with E-state index < -0.39 is 0 Å². The van der Waals surface area contributed by atoms with E-state index in [0.29, 0.717) is 0 Å². The fourth-order valence-corrected chi connectivity index (χ4v) is 8.03. The van der Waals surface area contributed by atoms with Gasteiger partial charge in [0.05, 0.1) is 6.54 Å². The minimum absolute atomic E-state index is 0.157. The number of nitrogens with zero attached hydrogens (tertiary/aromatic N) is 2. The Morgan fingerprint density at radius 2 is 1.89 bits per heavy atom. The van der Waals surface area contributed by atoms with Gasteiger partial charge in [0.25, 0.3) is 0 Å². The minimum Gasteiger partial charge on any atom is -0.322 e. The third-order valence-corrected chi connectivity index (χ3v) is 9.16. The Labute approximate surface area is 164 Å². The zero-order valence-electron chi connectivity index (χ0n) is 17.1. The molecule has 152 valence electrons. The zero-order chi connectivity index (χ0) is 19.2. The normalized spacial score (nSPS) is 46.6. The quantitative estimate of drug-likeness (QED) is 0.341. The van der Waals surface area contributed by atoms with E-state index >= 15 is 0 Å². The number of nitrogens with two attached hydrogens (primary N) is 2. The first-order chi connectivity index (χ1) is 12.9. The molecule has 0 aromatic carbocycles. The van der Waals surface area contributed by atoms with Crippen molar-refractivity contribution in [3.05, 3.63) is 0 Å². The van der Waals surface area contributed by atoms with Crippen LogP contribution >= 0.6 is 0 Å². The molecule has 8 unspecified atom stereocenters. The molecular weight excluding hydrogens is 336 g/mol. The predicted octanol–water partition coefficient (Wildman–Crippen LogP) is 3.54. The van der Waals surface area contributed by atoms with Gasteiger partial charge >= 0.3 is 0 Å². The molecule has 0 aliphatic heterocycles. The summed E-state index contributed by atoms with van der Waals surface area (Å²) in [4.78, 5) is 13.0. The van der Waals surface area contributed by atoms with Crippen LogP contribution in [0.1, 0.15) is 71.6 Å². The van der Waals surface area contributed by atoms with Gasteiger partial charge in [-0.3, -0.25) is 9.80 Å². The van der Waals surface area contributed by atoms with Gasteiger partial charge in [-0.2, -0.15) is 5.10 Å². The van der Waals surface area contributed by atoms with Crippen molar-refractivity contribution in [2.24, 2.45) is 63.6 Å². The second kappa shape index (κ2) is 7.38. The lowest BCUT2D eigenvalue weighted by atomic mass is 9.49. The Balaban J connectivity index is 1.47. The summed E-state index contributed by atoms with van der Waals surface area (Å²) >= 11 is 0. The second-order valence-corrected chi connectivity index (χ2v) is 10.4. The van der Waals surface area contributed by atoms with Crippen LogP contribution in [-0.2, 0) is 4.79 Å². The van der Waals surface area contributed by atoms with Gasteiger partial charge in [-0.1, -0.05) is 20.3 Å². The molecule has 5 nitrogen and oxygen atoms in total. The molecule has 0 bridgehead atoms. The third kappa shape index (κ3) is 3.30. The van der Waals surface area contributed by atoms with Gasteiger partial charge in [-0.25, -0.2) is 5.84 Å². The number of hydrazine groups is 1. The molecule has 0 saturated heterocycles. The fourth-order valence-electron chi connectivity index (χ4n) is 8.03. The average Bonchev–Trinajstić information content (AvgIpc) is 2.98. The maximum atomic E-state index is 13.0. The number of fused-ring (bicyclic) bond motifs is 5. The minimum atomic E-state index is 0.157. The summed E-state index contributed by atoms with van der Waals surface area (Å²) in [6, 6.07) is 0. The van der Waals surface area contributed by atoms with Crippen molar-refractivity contribution in [1.29, 1.82) is 0 Å². The average molecular weight is 375 g/mol. The first-order valence-corrected chi connectivity index (χ1v) is 11.2. The molecule has 27 heavy (non-hydrogen) atoms. The summed E-state index contributed by atoms with van der Waals surface area (Å²) in [5.41, 5.74) is 0.174. The first-order valence-electron chi connectivity index (χ1n) is 11.2. The molecule has 0 spiro atoms. The molecule has 4 rings (SSSR count). The van der Waals surface area contributed by atoms with E-state index in [1.807, 2.05) is 0 Å². The maximum Gasteiger partial charge on any atom is 0.157 e. The molecule has 0 aromatic heterocycles. The monoisotopic (exact) mass is 374 g/mol. The summed E-state index contributed by atoms with van der Waals surface area (Å²) in [7, 11) is 0. The van der Waals surface area contributed by atoms with Crippen LogP contribution in [-0.4, -0.2) is 23.7 Å². The van der Waals surface area contributed by atoms with Gasteiger partial charge < -0.3 is 5.84 Å². The van der Waals surface area contributed by atoms with Crippen molar-refractivity contribution in [3.63, 3.8) is 0 Å². The SMILES string of the molecule is CC1CCC2C(CCC3C2CCC2(C)C(C(=O)CN(N)/C=N\N)CCC32)C1. The Morgan fingerprint density at radius 3 is 2.67 bits per heavy atom. The Bertz CT molecular complexity index is 593. The molecule has 0 aromatic rings. The summed E-state index contributed by atoms with van der Waals surface area (Å²) < 4.78 is 0. The number of ketones is 1. The molecule has 0 radical (unpaired) electrons. The van der Waals surface area contributed by atoms with Crippen molar-refractivity contribution >= 4 is 12.1 Å². The van der Waals surface area contributed by atoms with E-state index in [9.17, 15) is 4.79 Å². The highest BCUT2D eigenvalue weighted by molar-refractivity contribution is 5.85. The maximum absolute atomic E-state index is 13.0. The predicted molar refractivity (Wildman–Crippen MR) is 108 cm³/mol. The van der Waals surface area contributed by atoms with Crippen LogP contribution < -0.4 is 11.7 Å². The second-order valence-electron chi connectivity index (χ2n) is 10.4. The van der Waals surface area contributed by atoms with Crippen molar-refractivity contribution in [1.82, 2.24) is 5.01 Å². The van der Waals surface area contributed by atoms with Gasteiger partial charge in [-0.05, 0) is 92.3 Å².